The second-order valence-electron chi connectivity index (χ2n) is 4.09. The van der Waals surface area contributed by atoms with Crippen LogP contribution in [0.2, 0.25) is 0 Å². The van der Waals surface area contributed by atoms with Crippen molar-refractivity contribution in [3.8, 4) is 6.07 Å². The summed E-state index contributed by atoms with van der Waals surface area (Å²) in [6.07, 6.45) is 0.566. The summed E-state index contributed by atoms with van der Waals surface area (Å²) in [6.45, 7) is 6.28. The maximum Gasteiger partial charge on any atom is 0.0630 e. The predicted octanol–water partition coefficient (Wildman–Crippen LogP) is 3.19. The highest BCUT2D eigenvalue weighted by molar-refractivity contribution is 5.29. The molecular formula is C12H15N. The smallest absolute Gasteiger partial charge is 0.0630 e. The van der Waals surface area contributed by atoms with Crippen LogP contribution in [0.15, 0.2) is 24.3 Å². The molecular weight excluding hydrogens is 158 g/mol. The van der Waals surface area contributed by atoms with Crippen LogP contribution in [0.5, 0.6) is 0 Å². The third-order valence-electron chi connectivity index (χ3n) is 2.32. The summed E-state index contributed by atoms with van der Waals surface area (Å²) in [5.41, 5.74) is 2.47. The van der Waals surface area contributed by atoms with Crippen molar-refractivity contribution in [2.75, 3.05) is 0 Å². The Morgan fingerprint density at radius 1 is 1.38 bits per heavy atom. The minimum atomic E-state index is -0.0270. The molecule has 0 amide bonds. The molecule has 0 atom stereocenters. The van der Waals surface area contributed by atoms with Gasteiger partial charge < -0.3 is 0 Å². The summed E-state index contributed by atoms with van der Waals surface area (Å²) in [5.74, 6) is 0. The maximum atomic E-state index is 8.68. The first-order valence-electron chi connectivity index (χ1n) is 4.50. The van der Waals surface area contributed by atoms with Crippen LogP contribution in [-0.4, -0.2) is 0 Å². The van der Waals surface area contributed by atoms with Crippen molar-refractivity contribution in [3.05, 3.63) is 35.4 Å². The van der Waals surface area contributed by atoms with E-state index < -0.39 is 0 Å². The van der Waals surface area contributed by atoms with E-state index in [1.165, 1.54) is 11.1 Å². The highest BCUT2D eigenvalue weighted by atomic mass is 14.3. The zero-order valence-corrected chi connectivity index (χ0v) is 8.46. The van der Waals surface area contributed by atoms with Crippen LogP contribution in [0.1, 0.15) is 31.4 Å². The standard InChI is InChI=1S/C12H15N/c1-10-5-4-6-11(9-10)12(2,3)7-8-13/h4-6,9H,7H2,1-3H3. The van der Waals surface area contributed by atoms with Crippen molar-refractivity contribution < 1.29 is 0 Å². The number of hydrogen-bond donors (Lipinski definition) is 0. The molecule has 0 saturated heterocycles. The molecule has 0 heterocycles. The highest BCUT2D eigenvalue weighted by Gasteiger charge is 2.19. The third-order valence-corrected chi connectivity index (χ3v) is 2.32. The summed E-state index contributed by atoms with van der Waals surface area (Å²) in [5, 5.41) is 8.68. The predicted molar refractivity (Wildman–Crippen MR) is 54.4 cm³/mol. The zero-order chi connectivity index (χ0) is 9.90. The maximum absolute atomic E-state index is 8.68. The van der Waals surface area contributed by atoms with E-state index in [0.29, 0.717) is 6.42 Å². The molecule has 0 aliphatic heterocycles. The van der Waals surface area contributed by atoms with Gasteiger partial charge in [0.05, 0.1) is 6.07 Å². The molecule has 1 aromatic carbocycles. The van der Waals surface area contributed by atoms with Gasteiger partial charge in [-0.3, -0.25) is 0 Å². The minimum Gasteiger partial charge on any atom is -0.198 e. The van der Waals surface area contributed by atoms with Gasteiger partial charge in [0.1, 0.15) is 0 Å². The van der Waals surface area contributed by atoms with Gasteiger partial charge in [-0.25, -0.2) is 0 Å². The average molecular weight is 173 g/mol. The van der Waals surface area contributed by atoms with Crippen molar-refractivity contribution in [2.24, 2.45) is 0 Å². The summed E-state index contributed by atoms with van der Waals surface area (Å²) < 4.78 is 0. The van der Waals surface area contributed by atoms with E-state index >= 15 is 0 Å². The fourth-order valence-corrected chi connectivity index (χ4v) is 1.37. The topological polar surface area (TPSA) is 23.8 Å². The number of hydrogen-bond acceptors (Lipinski definition) is 1. The van der Waals surface area contributed by atoms with Gasteiger partial charge in [-0.05, 0) is 12.5 Å². The molecule has 0 aromatic heterocycles. The van der Waals surface area contributed by atoms with Crippen LogP contribution in [0.3, 0.4) is 0 Å². The van der Waals surface area contributed by atoms with Crippen LogP contribution in [0.4, 0.5) is 0 Å². The van der Waals surface area contributed by atoms with Gasteiger partial charge in [0.15, 0.2) is 0 Å². The molecule has 0 aliphatic carbocycles. The zero-order valence-electron chi connectivity index (χ0n) is 8.46. The number of benzene rings is 1. The number of nitrogens with zero attached hydrogens (tertiary/aromatic N) is 1. The molecule has 0 fully saturated rings. The van der Waals surface area contributed by atoms with Gasteiger partial charge in [-0.1, -0.05) is 43.7 Å². The number of rotatable bonds is 2. The van der Waals surface area contributed by atoms with Gasteiger partial charge in [-0.15, -0.1) is 0 Å². The largest absolute Gasteiger partial charge is 0.198 e. The molecule has 0 saturated carbocycles. The lowest BCUT2D eigenvalue weighted by Gasteiger charge is -2.21. The van der Waals surface area contributed by atoms with Crippen LogP contribution >= 0.6 is 0 Å². The van der Waals surface area contributed by atoms with Crippen molar-refractivity contribution in [3.63, 3.8) is 0 Å². The summed E-state index contributed by atoms with van der Waals surface area (Å²) in [7, 11) is 0. The van der Waals surface area contributed by atoms with Crippen LogP contribution in [0.25, 0.3) is 0 Å². The molecule has 0 N–H and O–H groups in total. The van der Waals surface area contributed by atoms with E-state index in [4.69, 9.17) is 5.26 Å². The van der Waals surface area contributed by atoms with E-state index in [9.17, 15) is 0 Å². The molecule has 0 aliphatic rings. The minimum absolute atomic E-state index is 0.0270. The van der Waals surface area contributed by atoms with Crippen LogP contribution < -0.4 is 0 Å². The summed E-state index contributed by atoms with van der Waals surface area (Å²) in [4.78, 5) is 0. The molecule has 0 radical (unpaired) electrons. The third kappa shape index (κ3) is 2.32. The summed E-state index contributed by atoms with van der Waals surface area (Å²) in [6, 6.07) is 10.6. The Morgan fingerprint density at radius 3 is 2.62 bits per heavy atom. The molecule has 1 heteroatoms. The Kier molecular flexibility index (Phi) is 2.72. The molecule has 0 bridgehead atoms. The fraction of sp³-hybridized carbons (Fsp3) is 0.417. The van der Waals surface area contributed by atoms with Crippen LogP contribution in [-0.2, 0) is 5.41 Å². The van der Waals surface area contributed by atoms with Gasteiger partial charge in [0, 0.05) is 11.8 Å². The number of aryl methyl sites for hydroxylation is 1. The van der Waals surface area contributed by atoms with Crippen molar-refractivity contribution in [1.29, 1.82) is 5.26 Å². The first kappa shape index (κ1) is 9.80. The van der Waals surface area contributed by atoms with Gasteiger partial charge in [-0.2, -0.15) is 5.26 Å². The van der Waals surface area contributed by atoms with Crippen molar-refractivity contribution >= 4 is 0 Å². The fourth-order valence-electron chi connectivity index (χ4n) is 1.37. The average Bonchev–Trinajstić information content (AvgIpc) is 2.04. The molecule has 0 unspecified atom stereocenters. The quantitative estimate of drug-likeness (QED) is 0.673. The van der Waals surface area contributed by atoms with Crippen LogP contribution in [0, 0.1) is 18.3 Å². The molecule has 68 valence electrons. The van der Waals surface area contributed by atoms with E-state index in [-0.39, 0.29) is 5.41 Å². The lowest BCUT2D eigenvalue weighted by Crippen LogP contribution is -2.15. The Balaban J connectivity index is 3.01. The first-order chi connectivity index (χ1) is 6.06. The monoisotopic (exact) mass is 173 g/mol. The van der Waals surface area contributed by atoms with Crippen molar-refractivity contribution in [2.45, 2.75) is 32.6 Å². The molecule has 1 aromatic rings. The molecule has 0 spiro atoms. The van der Waals surface area contributed by atoms with Gasteiger partial charge >= 0.3 is 0 Å². The van der Waals surface area contributed by atoms with E-state index in [0.717, 1.165) is 0 Å². The summed E-state index contributed by atoms with van der Waals surface area (Å²) >= 11 is 0. The van der Waals surface area contributed by atoms with E-state index in [2.05, 4.69) is 45.0 Å². The second kappa shape index (κ2) is 3.62. The molecule has 1 rings (SSSR count). The number of nitriles is 1. The van der Waals surface area contributed by atoms with E-state index in [1.54, 1.807) is 0 Å². The highest BCUT2D eigenvalue weighted by Crippen LogP contribution is 2.26. The Morgan fingerprint density at radius 2 is 2.08 bits per heavy atom. The Labute approximate surface area is 80.0 Å². The van der Waals surface area contributed by atoms with Crippen molar-refractivity contribution in [1.82, 2.24) is 0 Å². The molecule has 1 nitrogen and oxygen atoms in total. The van der Waals surface area contributed by atoms with E-state index in [1.807, 2.05) is 6.07 Å². The lowest BCUT2D eigenvalue weighted by atomic mass is 9.81. The van der Waals surface area contributed by atoms with Gasteiger partial charge in [0.25, 0.3) is 0 Å². The Bertz CT molecular complexity index is 331. The second-order valence-corrected chi connectivity index (χ2v) is 4.09. The normalized spacial score (nSPS) is 10.9. The van der Waals surface area contributed by atoms with Gasteiger partial charge in [0.2, 0.25) is 0 Å². The lowest BCUT2D eigenvalue weighted by molar-refractivity contribution is 0.539. The SMILES string of the molecule is Cc1cccc(C(C)(C)CC#N)c1. The Hall–Kier alpha value is -1.29. The molecule has 13 heavy (non-hydrogen) atoms. The first-order valence-corrected chi connectivity index (χ1v) is 4.50.